The number of aliphatic hydroxyl groups excluding tert-OH is 3. The van der Waals surface area contributed by atoms with Crippen LogP contribution < -0.4 is 0 Å². The molecular formula is C25H27FO4. The van der Waals surface area contributed by atoms with Crippen LogP contribution in [0.4, 0.5) is 4.39 Å². The van der Waals surface area contributed by atoms with Gasteiger partial charge in [0.1, 0.15) is 18.0 Å². The first kappa shape index (κ1) is 20.9. The van der Waals surface area contributed by atoms with E-state index in [0.29, 0.717) is 11.1 Å². The van der Waals surface area contributed by atoms with Gasteiger partial charge >= 0.3 is 0 Å². The number of hydrogen-bond donors (Lipinski definition) is 3. The first-order valence-corrected chi connectivity index (χ1v) is 10.3. The predicted octanol–water partition coefficient (Wildman–Crippen LogP) is 3.87. The van der Waals surface area contributed by atoms with Crippen molar-refractivity contribution in [2.24, 2.45) is 5.92 Å². The fourth-order valence-corrected chi connectivity index (χ4v) is 4.33. The van der Waals surface area contributed by atoms with Gasteiger partial charge in [0.2, 0.25) is 0 Å². The third-order valence-corrected chi connectivity index (χ3v) is 6.34. The molecule has 0 aromatic heterocycles. The molecule has 5 heteroatoms. The lowest BCUT2D eigenvalue weighted by atomic mass is 9.84. The van der Waals surface area contributed by atoms with Gasteiger partial charge in [-0.15, -0.1) is 0 Å². The minimum atomic E-state index is -0.960. The summed E-state index contributed by atoms with van der Waals surface area (Å²) in [7, 11) is 0. The van der Waals surface area contributed by atoms with Gasteiger partial charge in [0.25, 0.3) is 0 Å². The maximum absolute atomic E-state index is 14.8. The van der Waals surface area contributed by atoms with Crippen LogP contribution >= 0.6 is 0 Å². The summed E-state index contributed by atoms with van der Waals surface area (Å²) in [5, 5.41) is 30.4. The van der Waals surface area contributed by atoms with Crippen LogP contribution in [0.5, 0.6) is 0 Å². The molecule has 1 aromatic rings. The van der Waals surface area contributed by atoms with Crippen molar-refractivity contribution in [1.82, 2.24) is 0 Å². The van der Waals surface area contributed by atoms with Gasteiger partial charge in [-0.25, -0.2) is 4.39 Å². The first-order valence-electron chi connectivity index (χ1n) is 10.3. The summed E-state index contributed by atoms with van der Waals surface area (Å²) in [5.41, 5.74) is 4.35. The average molecular weight is 410 g/mol. The van der Waals surface area contributed by atoms with Crippen molar-refractivity contribution in [3.05, 3.63) is 83.2 Å². The molecule has 6 atom stereocenters. The Labute approximate surface area is 175 Å². The van der Waals surface area contributed by atoms with Gasteiger partial charge in [0.05, 0.1) is 18.8 Å². The molecule has 1 saturated heterocycles. The number of hydrogen-bond acceptors (Lipinski definition) is 4. The highest BCUT2D eigenvalue weighted by Crippen LogP contribution is 2.38. The smallest absolute Gasteiger partial charge is 0.127 e. The van der Waals surface area contributed by atoms with E-state index in [2.05, 4.69) is 12.1 Å². The van der Waals surface area contributed by atoms with Crippen molar-refractivity contribution in [3.8, 4) is 11.1 Å². The maximum atomic E-state index is 14.8. The molecule has 1 heterocycles. The summed E-state index contributed by atoms with van der Waals surface area (Å²) in [6.07, 6.45) is -3.46. The van der Waals surface area contributed by atoms with Crippen LogP contribution in [-0.4, -0.2) is 40.2 Å². The average Bonchev–Trinajstić information content (AvgIpc) is 3.03. The van der Waals surface area contributed by atoms with E-state index in [1.807, 2.05) is 37.3 Å². The van der Waals surface area contributed by atoms with Crippen LogP contribution in [0.25, 0.3) is 11.1 Å². The van der Waals surface area contributed by atoms with Crippen LogP contribution in [-0.2, 0) is 4.74 Å². The van der Waals surface area contributed by atoms with Gasteiger partial charge in [0, 0.05) is 11.8 Å². The van der Waals surface area contributed by atoms with Crippen molar-refractivity contribution in [3.63, 3.8) is 0 Å². The van der Waals surface area contributed by atoms with E-state index < -0.39 is 30.3 Å². The van der Waals surface area contributed by atoms with Gasteiger partial charge in [-0.1, -0.05) is 62.4 Å². The molecule has 0 amide bonds. The van der Waals surface area contributed by atoms with E-state index in [1.54, 1.807) is 19.1 Å². The molecular weight excluding hydrogens is 383 g/mol. The summed E-state index contributed by atoms with van der Waals surface area (Å²) >= 11 is 0. The van der Waals surface area contributed by atoms with Crippen molar-refractivity contribution >= 4 is 0 Å². The van der Waals surface area contributed by atoms with Crippen molar-refractivity contribution in [2.45, 2.75) is 44.2 Å². The molecule has 158 valence electrons. The highest BCUT2D eigenvalue weighted by Gasteiger charge is 2.42. The lowest BCUT2D eigenvalue weighted by Crippen LogP contribution is -2.50. The van der Waals surface area contributed by atoms with Crippen LogP contribution in [0.3, 0.4) is 0 Å². The Morgan fingerprint density at radius 3 is 2.27 bits per heavy atom. The van der Waals surface area contributed by atoms with Crippen molar-refractivity contribution in [2.75, 3.05) is 6.61 Å². The zero-order valence-electron chi connectivity index (χ0n) is 17.1. The van der Waals surface area contributed by atoms with Gasteiger partial charge in [0.15, 0.2) is 0 Å². The normalized spacial score (nSPS) is 27.9. The molecule has 2 aliphatic carbocycles. The predicted molar refractivity (Wildman–Crippen MR) is 113 cm³/mol. The summed E-state index contributed by atoms with van der Waals surface area (Å²) in [6, 6.07) is 18.8. The second-order valence-electron chi connectivity index (χ2n) is 8.23. The van der Waals surface area contributed by atoms with Crippen LogP contribution in [0.1, 0.15) is 42.6 Å². The van der Waals surface area contributed by atoms with Crippen molar-refractivity contribution < 1.29 is 24.4 Å². The van der Waals surface area contributed by atoms with E-state index >= 15 is 0 Å². The largest absolute Gasteiger partial charge is 0.394 e. The minimum Gasteiger partial charge on any atom is -0.394 e. The SMILES string of the molecule is CC(c1cc2cccccc-2c1)c1cc(C2OC(CO)C(O)C(C)C2O)ccc1F. The fourth-order valence-electron chi connectivity index (χ4n) is 4.33. The van der Waals surface area contributed by atoms with Crippen LogP contribution in [0, 0.1) is 11.7 Å². The van der Waals surface area contributed by atoms with Gasteiger partial charge in [-0.3, -0.25) is 0 Å². The molecule has 4 nitrogen and oxygen atoms in total. The molecule has 3 N–H and O–H groups in total. The topological polar surface area (TPSA) is 69.9 Å². The molecule has 30 heavy (non-hydrogen) atoms. The van der Waals surface area contributed by atoms with Gasteiger partial charge < -0.3 is 20.1 Å². The fraction of sp³-hybridized carbons (Fsp3) is 0.360. The lowest BCUT2D eigenvalue weighted by Gasteiger charge is -2.41. The molecule has 0 bridgehead atoms. The number of fused-ring (bicyclic) bond motifs is 1. The monoisotopic (exact) mass is 410 g/mol. The number of aliphatic hydroxyl groups is 3. The number of benzene rings is 1. The number of rotatable bonds is 4. The maximum Gasteiger partial charge on any atom is 0.127 e. The Bertz CT molecular complexity index is 958. The molecule has 0 spiro atoms. The Kier molecular flexibility index (Phi) is 5.89. The molecule has 1 fully saturated rings. The molecule has 0 saturated carbocycles. The minimum absolute atomic E-state index is 0.194. The Morgan fingerprint density at radius 1 is 0.967 bits per heavy atom. The number of ether oxygens (including phenoxy) is 1. The first-order chi connectivity index (χ1) is 14.4. The third-order valence-electron chi connectivity index (χ3n) is 6.34. The van der Waals surface area contributed by atoms with Gasteiger partial charge in [-0.05, 0) is 39.9 Å². The van der Waals surface area contributed by atoms with E-state index in [0.717, 1.165) is 16.7 Å². The summed E-state index contributed by atoms with van der Waals surface area (Å²) in [6.45, 7) is 3.32. The van der Waals surface area contributed by atoms with Crippen molar-refractivity contribution in [1.29, 1.82) is 0 Å². The number of halogens is 1. The molecule has 1 aromatic carbocycles. The molecule has 3 aliphatic rings. The molecule has 4 rings (SSSR count). The van der Waals surface area contributed by atoms with Gasteiger partial charge in [-0.2, -0.15) is 0 Å². The highest BCUT2D eigenvalue weighted by molar-refractivity contribution is 5.69. The Hall–Kier alpha value is -2.31. The second kappa shape index (κ2) is 8.44. The quantitative estimate of drug-likeness (QED) is 0.611. The zero-order valence-corrected chi connectivity index (χ0v) is 17.1. The van der Waals surface area contributed by atoms with E-state index in [1.165, 1.54) is 6.07 Å². The Balaban J connectivity index is 1.68. The second-order valence-corrected chi connectivity index (χ2v) is 8.23. The van der Waals surface area contributed by atoms with E-state index in [4.69, 9.17) is 4.74 Å². The van der Waals surface area contributed by atoms with E-state index in [9.17, 15) is 19.7 Å². The standard InChI is InChI=1S/C25H27FO4/c1-14(19-10-16-6-4-3-5-7-17(16)11-19)20-12-18(8-9-21(20)26)25-24(29)15(2)23(28)22(13-27)30-25/h3-12,14-15,22-25,27-29H,13H2,1-2H3. The van der Waals surface area contributed by atoms with E-state index in [-0.39, 0.29) is 18.3 Å². The summed E-state index contributed by atoms with van der Waals surface area (Å²) in [4.78, 5) is 0. The summed E-state index contributed by atoms with van der Waals surface area (Å²) < 4.78 is 20.6. The molecule has 6 unspecified atom stereocenters. The molecule has 1 aliphatic heterocycles. The molecule has 0 radical (unpaired) electrons. The highest BCUT2D eigenvalue weighted by atomic mass is 19.1. The third kappa shape index (κ3) is 3.74. The summed E-state index contributed by atoms with van der Waals surface area (Å²) in [5.74, 6) is -0.993. The van der Waals surface area contributed by atoms with Crippen LogP contribution in [0.2, 0.25) is 0 Å². The Morgan fingerprint density at radius 2 is 1.63 bits per heavy atom. The zero-order chi connectivity index (χ0) is 21.4. The van der Waals surface area contributed by atoms with Crippen LogP contribution in [0.15, 0.2) is 60.7 Å². The lowest BCUT2D eigenvalue weighted by molar-refractivity contribution is -0.207.